The molecule has 1 aliphatic carbocycles. The summed E-state index contributed by atoms with van der Waals surface area (Å²) in [7, 11) is 0. The molecule has 4 heteroatoms. The highest BCUT2D eigenvalue weighted by Gasteiger charge is 2.25. The van der Waals surface area contributed by atoms with E-state index in [9.17, 15) is 0 Å². The van der Waals surface area contributed by atoms with Crippen LogP contribution in [0.3, 0.4) is 0 Å². The molecule has 2 N–H and O–H groups in total. The van der Waals surface area contributed by atoms with Gasteiger partial charge in [0.2, 0.25) is 0 Å². The summed E-state index contributed by atoms with van der Waals surface area (Å²) < 4.78 is 5.57. The van der Waals surface area contributed by atoms with E-state index < -0.39 is 0 Å². The minimum Gasteiger partial charge on any atom is -0.489 e. The molecule has 1 aromatic heterocycles. The lowest BCUT2D eigenvalue weighted by atomic mass is 10.2. The predicted octanol–water partition coefficient (Wildman–Crippen LogP) is 0.953. The van der Waals surface area contributed by atoms with E-state index in [1.54, 1.807) is 12.3 Å². The third kappa shape index (κ3) is 1.68. The molecule has 1 fully saturated rings. The molecule has 0 saturated heterocycles. The van der Waals surface area contributed by atoms with Crippen LogP contribution in [0.2, 0.25) is 0 Å². The van der Waals surface area contributed by atoms with Crippen LogP contribution in [0.1, 0.15) is 24.1 Å². The van der Waals surface area contributed by atoms with Crippen molar-refractivity contribution in [3.05, 3.63) is 23.5 Å². The van der Waals surface area contributed by atoms with E-state index in [-0.39, 0.29) is 12.6 Å². The van der Waals surface area contributed by atoms with E-state index in [4.69, 9.17) is 15.7 Å². The van der Waals surface area contributed by atoms with Crippen molar-refractivity contribution in [1.29, 1.82) is 5.26 Å². The maximum absolute atomic E-state index is 8.94. The van der Waals surface area contributed by atoms with Crippen LogP contribution in [0.5, 0.6) is 5.75 Å². The van der Waals surface area contributed by atoms with Crippen LogP contribution in [0.25, 0.3) is 0 Å². The molecule has 1 saturated carbocycles. The lowest BCUT2D eigenvalue weighted by Gasteiger charge is -2.07. The largest absolute Gasteiger partial charge is 0.489 e. The van der Waals surface area contributed by atoms with E-state index >= 15 is 0 Å². The second-order valence-electron chi connectivity index (χ2n) is 3.26. The minimum atomic E-state index is 0.269. The van der Waals surface area contributed by atoms with Crippen molar-refractivity contribution < 1.29 is 4.74 Å². The van der Waals surface area contributed by atoms with Gasteiger partial charge in [-0.05, 0) is 18.9 Å². The SMILES string of the molecule is N#Cc1c(OC2CC2)ccnc1CN. The zero-order valence-electron chi connectivity index (χ0n) is 7.73. The monoisotopic (exact) mass is 189 g/mol. The maximum Gasteiger partial charge on any atom is 0.140 e. The van der Waals surface area contributed by atoms with Crippen molar-refractivity contribution in [2.75, 3.05) is 0 Å². The Kier molecular flexibility index (Phi) is 2.33. The van der Waals surface area contributed by atoms with E-state index in [0.29, 0.717) is 17.0 Å². The van der Waals surface area contributed by atoms with Crippen molar-refractivity contribution in [1.82, 2.24) is 4.98 Å². The van der Waals surface area contributed by atoms with E-state index in [1.165, 1.54) is 0 Å². The van der Waals surface area contributed by atoms with Crippen molar-refractivity contribution in [3.8, 4) is 11.8 Å². The van der Waals surface area contributed by atoms with E-state index in [2.05, 4.69) is 11.1 Å². The highest BCUT2D eigenvalue weighted by molar-refractivity contribution is 5.45. The molecule has 72 valence electrons. The number of ether oxygens (including phenoxy) is 1. The molecule has 0 atom stereocenters. The molecular formula is C10H11N3O. The first kappa shape index (κ1) is 8.97. The van der Waals surface area contributed by atoms with Crippen LogP contribution in [0, 0.1) is 11.3 Å². The van der Waals surface area contributed by atoms with E-state index in [0.717, 1.165) is 12.8 Å². The van der Waals surface area contributed by atoms with Crippen LogP contribution < -0.4 is 10.5 Å². The summed E-state index contributed by atoms with van der Waals surface area (Å²) in [5.41, 5.74) is 6.55. The number of rotatable bonds is 3. The Labute approximate surface area is 82.3 Å². The van der Waals surface area contributed by atoms with Crippen LogP contribution in [0.4, 0.5) is 0 Å². The van der Waals surface area contributed by atoms with Crippen molar-refractivity contribution in [2.24, 2.45) is 5.73 Å². The fourth-order valence-electron chi connectivity index (χ4n) is 1.22. The smallest absolute Gasteiger partial charge is 0.140 e. The Balaban J connectivity index is 2.32. The Morgan fingerprint density at radius 3 is 3.00 bits per heavy atom. The van der Waals surface area contributed by atoms with Crippen molar-refractivity contribution in [3.63, 3.8) is 0 Å². The third-order valence-electron chi connectivity index (χ3n) is 2.11. The fraction of sp³-hybridized carbons (Fsp3) is 0.400. The van der Waals surface area contributed by atoms with Crippen LogP contribution >= 0.6 is 0 Å². The predicted molar refractivity (Wildman–Crippen MR) is 50.5 cm³/mol. The summed E-state index contributed by atoms with van der Waals surface area (Å²) in [4.78, 5) is 4.03. The summed E-state index contributed by atoms with van der Waals surface area (Å²) >= 11 is 0. The molecule has 0 unspecified atom stereocenters. The van der Waals surface area contributed by atoms with Gasteiger partial charge in [0, 0.05) is 12.7 Å². The molecule has 1 aliphatic rings. The van der Waals surface area contributed by atoms with Crippen LogP contribution in [0.15, 0.2) is 12.3 Å². The topological polar surface area (TPSA) is 71.9 Å². The van der Waals surface area contributed by atoms with Crippen molar-refractivity contribution >= 4 is 0 Å². The van der Waals surface area contributed by atoms with E-state index in [1.807, 2.05) is 0 Å². The molecule has 0 aliphatic heterocycles. The van der Waals surface area contributed by atoms with Gasteiger partial charge in [0.1, 0.15) is 17.4 Å². The van der Waals surface area contributed by atoms with Gasteiger partial charge in [0.25, 0.3) is 0 Å². The van der Waals surface area contributed by atoms with Gasteiger partial charge in [-0.3, -0.25) is 4.98 Å². The standard InChI is InChI=1S/C10H11N3O/c11-5-8-9(6-12)13-4-3-10(8)14-7-1-2-7/h3-4,7H,1-2,6,12H2. The lowest BCUT2D eigenvalue weighted by Crippen LogP contribution is -2.06. The summed E-state index contributed by atoms with van der Waals surface area (Å²) in [5.74, 6) is 0.616. The second-order valence-corrected chi connectivity index (χ2v) is 3.26. The highest BCUT2D eigenvalue weighted by atomic mass is 16.5. The average Bonchev–Trinajstić information content (AvgIpc) is 3.01. The summed E-state index contributed by atoms with van der Waals surface area (Å²) in [5, 5.41) is 8.94. The zero-order chi connectivity index (χ0) is 9.97. The van der Waals surface area contributed by atoms with Gasteiger partial charge in [0.15, 0.2) is 0 Å². The molecule has 4 nitrogen and oxygen atoms in total. The normalized spacial score (nSPS) is 14.9. The Bertz CT molecular complexity index is 379. The first-order valence-corrected chi connectivity index (χ1v) is 4.60. The summed E-state index contributed by atoms with van der Waals surface area (Å²) in [6.45, 7) is 0.269. The number of pyridine rings is 1. The molecule has 1 heterocycles. The highest BCUT2D eigenvalue weighted by Crippen LogP contribution is 2.29. The number of hydrogen-bond acceptors (Lipinski definition) is 4. The van der Waals surface area contributed by atoms with Gasteiger partial charge in [-0.15, -0.1) is 0 Å². The Morgan fingerprint density at radius 1 is 1.64 bits per heavy atom. The Hall–Kier alpha value is -1.60. The summed E-state index contributed by atoms with van der Waals surface area (Å²) in [6.07, 6.45) is 4.06. The number of hydrogen-bond donors (Lipinski definition) is 1. The number of nitrogens with two attached hydrogens (primary N) is 1. The number of aromatic nitrogens is 1. The molecule has 0 amide bonds. The van der Waals surface area contributed by atoms with Gasteiger partial charge in [-0.2, -0.15) is 5.26 Å². The summed E-state index contributed by atoms with van der Waals surface area (Å²) in [6, 6.07) is 3.80. The molecule has 14 heavy (non-hydrogen) atoms. The van der Waals surface area contributed by atoms with Gasteiger partial charge < -0.3 is 10.5 Å². The first-order chi connectivity index (χ1) is 6.85. The number of nitrogens with zero attached hydrogens (tertiary/aromatic N) is 2. The second kappa shape index (κ2) is 3.64. The molecule has 0 bridgehead atoms. The molecule has 0 spiro atoms. The van der Waals surface area contributed by atoms with Crippen LogP contribution in [-0.4, -0.2) is 11.1 Å². The van der Waals surface area contributed by atoms with Gasteiger partial charge in [-0.25, -0.2) is 0 Å². The molecule has 1 aromatic rings. The van der Waals surface area contributed by atoms with Crippen LogP contribution in [-0.2, 0) is 6.54 Å². The van der Waals surface area contributed by atoms with Gasteiger partial charge in [0.05, 0.1) is 11.8 Å². The van der Waals surface area contributed by atoms with Crippen molar-refractivity contribution in [2.45, 2.75) is 25.5 Å². The van der Waals surface area contributed by atoms with Gasteiger partial charge >= 0.3 is 0 Å². The molecule has 0 radical (unpaired) electrons. The van der Waals surface area contributed by atoms with Gasteiger partial charge in [-0.1, -0.05) is 0 Å². The fourth-order valence-corrected chi connectivity index (χ4v) is 1.22. The molecular weight excluding hydrogens is 178 g/mol. The first-order valence-electron chi connectivity index (χ1n) is 4.60. The molecule has 2 rings (SSSR count). The Morgan fingerprint density at radius 2 is 2.43 bits per heavy atom. The third-order valence-corrected chi connectivity index (χ3v) is 2.11. The average molecular weight is 189 g/mol. The molecule has 0 aromatic carbocycles. The maximum atomic E-state index is 8.94. The zero-order valence-corrected chi connectivity index (χ0v) is 7.73. The lowest BCUT2D eigenvalue weighted by molar-refractivity contribution is 0.301. The minimum absolute atomic E-state index is 0.269. The quantitative estimate of drug-likeness (QED) is 0.768. The number of nitriles is 1.